The highest BCUT2D eigenvalue weighted by atomic mass is 32.2. The molecule has 1 heterocycles. The minimum Gasteiger partial charge on any atom is -0.352 e. The fourth-order valence-corrected chi connectivity index (χ4v) is 4.06. The summed E-state index contributed by atoms with van der Waals surface area (Å²) < 4.78 is 25.4. The van der Waals surface area contributed by atoms with Gasteiger partial charge in [-0.3, -0.25) is 9.59 Å². The van der Waals surface area contributed by atoms with E-state index >= 15 is 0 Å². The summed E-state index contributed by atoms with van der Waals surface area (Å²) in [6.45, 7) is 0.359. The van der Waals surface area contributed by atoms with E-state index in [1.165, 1.54) is 7.05 Å². The van der Waals surface area contributed by atoms with Gasteiger partial charge in [-0.25, -0.2) is 13.1 Å². The van der Waals surface area contributed by atoms with Gasteiger partial charge in [-0.15, -0.1) is 0 Å². The summed E-state index contributed by atoms with van der Waals surface area (Å²) >= 11 is 0. The standard InChI is InChI=1S/C21H25N3O4S/c1-22-29(27,28)14-16-8-6-15(7-9-16)13-23-20(25)11-10-18-12-17-4-2-3-5-19(17)24-21(18)26/h2-9,18,22H,10-14H2,1H3,(H,23,25)(H,24,26). The van der Waals surface area contributed by atoms with Gasteiger partial charge in [0.2, 0.25) is 21.8 Å². The van der Waals surface area contributed by atoms with E-state index in [9.17, 15) is 18.0 Å². The number of amides is 2. The smallest absolute Gasteiger partial charge is 0.227 e. The number of rotatable bonds is 8. The lowest BCUT2D eigenvalue weighted by atomic mass is 9.89. The van der Waals surface area contributed by atoms with Crippen molar-refractivity contribution in [3.63, 3.8) is 0 Å². The molecule has 0 bridgehead atoms. The summed E-state index contributed by atoms with van der Waals surface area (Å²) in [7, 11) is -1.92. The maximum absolute atomic E-state index is 12.2. The first-order valence-corrected chi connectivity index (χ1v) is 11.2. The number of hydrogen-bond acceptors (Lipinski definition) is 4. The maximum atomic E-state index is 12.2. The molecule has 29 heavy (non-hydrogen) atoms. The number of para-hydroxylation sites is 1. The number of hydrogen-bond donors (Lipinski definition) is 3. The molecule has 2 aromatic rings. The monoisotopic (exact) mass is 415 g/mol. The fraction of sp³-hybridized carbons (Fsp3) is 0.333. The molecule has 0 aliphatic carbocycles. The third-order valence-electron chi connectivity index (χ3n) is 5.01. The van der Waals surface area contributed by atoms with Gasteiger partial charge in [0.1, 0.15) is 0 Å². The Kier molecular flexibility index (Phi) is 6.66. The minimum absolute atomic E-state index is 0.0383. The van der Waals surface area contributed by atoms with Crippen LogP contribution in [0.3, 0.4) is 0 Å². The van der Waals surface area contributed by atoms with Gasteiger partial charge in [-0.1, -0.05) is 42.5 Å². The van der Waals surface area contributed by atoms with Crippen LogP contribution >= 0.6 is 0 Å². The summed E-state index contributed by atoms with van der Waals surface area (Å²) in [5, 5.41) is 5.75. The molecule has 3 N–H and O–H groups in total. The number of carbonyl (C=O) groups is 2. The molecule has 0 saturated carbocycles. The molecule has 1 aliphatic rings. The first-order valence-electron chi connectivity index (χ1n) is 9.51. The molecule has 7 nitrogen and oxygen atoms in total. The van der Waals surface area contributed by atoms with Crippen molar-refractivity contribution in [3.8, 4) is 0 Å². The largest absolute Gasteiger partial charge is 0.352 e. The Morgan fingerprint density at radius 2 is 1.79 bits per heavy atom. The van der Waals surface area contributed by atoms with Crippen molar-refractivity contribution in [1.82, 2.24) is 10.0 Å². The normalized spacial score (nSPS) is 16.0. The Balaban J connectivity index is 1.45. The second kappa shape index (κ2) is 9.19. The number of nitrogens with one attached hydrogen (secondary N) is 3. The highest BCUT2D eigenvalue weighted by Crippen LogP contribution is 2.27. The average Bonchev–Trinajstić information content (AvgIpc) is 2.71. The van der Waals surface area contributed by atoms with Gasteiger partial charge in [0.25, 0.3) is 0 Å². The highest BCUT2D eigenvalue weighted by molar-refractivity contribution is 7.88. The second-order valence-corrected chi connectivity index (χ2v) is 9.07. The molecule has 2 aromatic carbocycles. The SMILES string of the molecule is CNS(=O)(=O)Cc1ccc(CNC(=O)CCC2Cc3ccccc3NC2=O)cc1. The molecule has 0 aromatic heterocycles. The van der Waals surface area contributed by atoms with Gasteiger partial charge in [0, 0.05) is 24.6 Å². The van der Waals surface area contributed by atoms with E-state index in [0.717, 1.165) is 16.8 Å². The lowest BCUT2D eigenvalue weighted by molar-refractivity contribution is -0.122. The summed E-state index contributed by atoms with van der Waals surface area (Å²) in [5.41, 5.74) is 3.51. The average molecular weight is 416 g/mol. The van der Waals surface area contributed by atoms with E-state index in [4.69, 9.17) is 0 Å². The molecule has 154 valence electrons. The summed E-state index contributed by atoms with van der Waals surface area (Å²) in [4.78, 5) is 24.4. The Labute approximate surface area is 171 Å². The number of sulfonamides is 1. The molecule has 8 heteroatoms. The molecule has 1 unspecified atom stereocenters. The van der Waals surface area contributed by atoms with Crippen LogP contribution in [-0.4, -0.2) is 27.3 Å². The van der Waals surface area contributed by atoms with Crippen LogP contribution in [0.1, 0.15) is 29.5 Å². The van der Waals surface area contributed by atoms with Crippen molar-refractivity contribution in [1.29, 1.82) is 0 Å². The first kappa shape index (κ1) is 21.0. The molecular weight excluding hydrogens is 390 g/mol. The van der Waals surface area contributed by atoms with Crippen LogP contribution in [0.5, 0.6) is 0 Å². The van der Waals surface area contributed by atoms with Crippen LogP contribution in [0.25, 0.3) is 0 Å². The zero-order valence-electron chi connectivity index (χ0n) is 16.3. The third-order valence-corrected chi connectivity index (χ3v) is 6.35. The zero-order valence-corrected chi connectivity index (χ0v) is 17.1. The molecule has 1 atom stereocenters. The van der Waals surface area contributed by atoms with Gasteiger partial charge < -0.3 is 10.6 Å². The third kappa shape index (κ3) is 5.88. The molecular formula is C21H25N3O4S. The van der Waals surface area contributed by atoms with Crippen molar-refractivity contribution in [3.05, 3.63) is 65.2 Å². The van der Waals surface area contributed by atoms with Crippen LogP contribution < -0.4 is 15.4 Å². The highest BCUT2D eigenvalue weighted by Gasteiger charge is 2.26. The van der Waals surface area contributed by atoms with Crippen molar-refractivity contribution >= 4 is 27.5 Å². The number of carbonyl (C=O) groups excluding carboxylic acids is 2. The van der Waals surface area contributed by atoms with Crippen molar-refractivity contribution in [2.45, 2.75) is 31.6 Å². The summed E-state index contributed by atoms with van der Waals surface area (Å²) in [6.07, 6.45) is 1.41. The number of anilines is 1. The molecule has 0 fully saturated rings. The Morgan fingerprint density at radius 1 is 1.10 bits per heavy atom. The Hall–Kier alpha value is -2.71. The maximum Gasteiger partial charge on any atom is 0.227 e. The first-order chi connectivity index (χ1) is 13.9. The molecule has 1 aliphatic heterocycles. The van der Waals surface area contributed by atoms with Crippen LogP contribution in [0.2, 0.25) is 0 Å². The van der Waals surface area contributed by atoms with Gasteiger partial charge in [0.05, 0.1) is 5.75 Å². The van der Waals surface area contributed by atoms with Crippen LogP contribution in [0.15, 0.2) is 48.5 Å². The predicted octanol–water partition coefficient (Wildman–Crippen LogP) is 1.94. The summed E-state index contributed by atoms with van der Waals surface area (Å²) in [5.74, 6) is -0.436. The summed E-state index contributed by atoms with van der Waals surface area (Å²) in [6, 6.07) is 14.8. The van der Waals surface area contributed by atoms with E-state index < -0.39 is 10.0 Å². The van der Waals surface area contributed by atoms with E-state index in [-0.39, 0.29) is 29.9 Å². The van der Waals surface area contributed by atoms with Gasteiger partial charge in [0.15, 0.2) is 0 Å². The fourth-order valence-electron chi connectivity index (χ4n) is 3.29. The molecule has 0 radical (unpaired) electrons. The number of benzene rings is 2. The predicted molar refractivity (Wildman–Crippen MR) is 111 cm³/mol. The van der Waals surface area contributed by atoms with Crippen molar-refractivity contribution < 1.29 is 18.0 Å². The van der Waals surface area contributed by atoms with E-state index in [2.05, 4.69) is 15.4 Å². The minimum atomic E-state index is -3.30. The topological polar surface area (TPSA) is 104 Å². The van der Waals surface area contributed by atoms with Crippen LogP contribution in [0, 0.1) is 5.92 Å². The van der Waals surface area contributed by atoms with Gasteiger partial charge in [-0.05, 0) is 42.6 Å². The van der Waals surface area contributed by atoms with Gasteiger partial charge >= 0.3 is 0 Å². The van der Waals surface area contributed by atoms with E-state index in [1.54, 1.807) is 24.3 Å². The lowest BCUT2D eigenvalue weighted by Crippen LogP contribution is -2.31. The quantitative estimate of drug-likeness (QED) is 0.613. The molecule has 0 spiro atoms. The van der Waals surface area contributed by atoms with Crippen LogP contribution in [-0.2, 0) is 38.3 Å². The second-order valence-electron chi connectivity index (χ2n) is 7.14. The van der Waals surface area contributed by atoms with Crippen molar-refractivity contribution in [2.24, 2.45) is 5.92 Å². The van der Waals surface area contributed by atoms with Crippen LogP contribution in [0.4, 0.5) is 5.69 Å². The van der Waals surface area contributed by atoms with E-state index in [1.807, 2.05) is 24.3 Å². The zero-order chi connectivity index (χ0) is 20.9. The Bertz CT molecular complexity index is 987. The Morgan fingerprint density at radius 3 is 2.52 bits per heavy atom. The molecule has 0 saturated heterocycles. The molecule has 2 amide bonds. The van der Waals surface area contributed by atoms with E-state index in [0.29, 0.717) is 24.9 Å². The van der Waals surface area contributed by atoms with Crippen molar-refractivity contribution in [2.75, 3.05) is 12.4 Å². The molecule has 3 rings (SSSR count). The van der Waals surface area contributed by atoms with Gasteiger partial charge in [-0.2, -0.15) is 0 Å². The number of fused-ring (bicyclic) bond motifs is 1. The lowest BCUT2D eigenvalue weighted by Gasteiger charge is -2.24.